The molecule has 0 saturated heterocycles. The quantitative estimate of drug-likeness (QED) is 0.463. The van der Waals surface area contributed by atoms with Crippen LogP contribution in [-0.2, 0) is 15.5 Å². The van der Waals surface area contributed by atoms with Gasteiger partial charge in [0.25, 0.3) is 0 Å². The van der Waals surface area contributed by atoms with E-state index in [1.54, 1.807) is 0 Å². The minimum Gasteiger partial charge on any atom is -0.425 e. The van der Waals surface area contributed by atoms with Crippen LogP contribution in [0.25, 0.3) is 0 Å². The van der Waals surface area contributed by atoms with E-state index in [0.29, 0.717) is 0 Å². The molecule has 15 heavy (non-hydrogen) atoms. The Morgan fingerprint density at radius 1 is 1.47 bits per heavy atom. The largest absolute Gasteiger partial charge is 0.554 e. The maximum absolute atomic E-state index is 11.7. The first-order valence-corrected chi connectivity index (χ1v) is 7.06. The van der Waals surface area contributed by atoms with E-state index in [0.717, 1.165) is 15.1 Å². The molecule has 1 rings (SSSR count). The van der Waals surface area contributed by atoms with Crippen molar-refractivity contribution in [1.29, 1.82) is 0 Å². The zero-order valence-corrected chi connectivity index (χ0v) is 11.9. The molecule has 0 amide bonds. The number of thiophene rings is 1. The molecule has 1 aromatic heterocycles. The van der Waals surface area contributed by atoms with E-state index >= 15 is 0 Å². The van der Waals surface area contributed by atoms with E-state index in [1.165, 1.54) is 7.11 Å². The summed E-state index contributed by atoms with van der Waals surface area (Å²) in [6, 6.07) is 4.08. The van der Waals surface area contributed by atoms with Crippen molar-refractivity contribution in [3.05, 3.63) is 21.9 Å². The lowest BCUT2D eigenvalue weighted by Crippen LogP contribution is -2.11. The van der Waals surface area contributed by atoms with Crippen LogP contribution in [0.4, 0.5) is 4.79 Å². The van der Waals surface area contributed by atoms with Crippen molar-refractivity contribution in [3.8, 4) is 0 Å². The molecule has 0 saturated carbocycles. The first-order valence-electron chi connectivity index (χ1n) is 4.71. The Bertz CT molecular complexity index is 363. The predicted molar refractivity (Wildman–Crippen MR) is 68.1 cm³/mol. The normalized spacial score (nSPS) is 12.7. The van der Waals surface area contributed by atoms with Crippen LogP contribution >= 0.6 is 26.4 Å². The monoisotopic (exact) mass is 291 g/mol. The van der Waals surface area contributed by atoms with Gasteiger partial charge >= 0.3 is 5.30 Å². The first kappa shape index (κ1) is 12.7. The number of ether oxygens (including phenoxy) is 1. The summed E-state index contributed by atoms with van der Waals surface area (Å²) in [6.07, 6.45) is 0. The Balaban J connectivity index is 3.30. The molecule has 0 bridgehead atoms. The van der Waals surface area contributed by atoms with Crippen LogP contribution in [0, 0.1) is 0 Å². The van der Waals surface area contributed by atoms with E-state index < -0.39 is 10.5 Å². The fourth-order valence-electron chi connectivity index (χ4n) is 1.38. The number of rotatable bonds is 2. The molecular weight excluding hydrogens is 276 g/mol. The van der Waals surface area contributed by atoms with Gasteiger partial charge in [0.2, 0.25) is 0 Å². The highest BCUT2D eigenvalue weighted by Crippen LogP contribution is 2.40. The second kappa shape index (κ2) is 4.66. The summed E-state index contributed by atoms with van der Waals surface area (Å²) in [6.45, 7) is 6.35. The molecule has 0 fully saturated rings. The molecule has 84 valence electrons. The van der Waals surface area contributed by atoms with Gasteiger partial charge in [-0.2, -0.15) is 4.79 Å². The van der Waals surface area contributed by atoms with Gasteiger partial charge in [0.05, 0.1) is 12.4 Å². The molecule has 0 aliphatic rings. The zero-order chi connectivity index (χ0) is 11.6. The maximum atomic E-state index is 11.7. The first-order chi connectivity index (χ1) is 6.91. The number of alkyl halides is 1. The lowest BCUT2D eigenvalue weighted by Gasteiger charge is -2.12. The third kappa shape index (κ3) is 2.61. The lowest BCUT2D eigenvalue weighted by molar-refractivity contribution is 0.199. The number of hydrogen-bond acceptors (Lipinski definition) is 2. The third-order valence-corrected chi connectivity index (χ3v) is 5.58. The second-order valence-electron chi connectivity index (χ2n) is 4.31. The Labute approximate surface area is 102 Å². The van der Waals surface area contributed by atoms with Gasteiger partial charge in [-0.15, -0.1) is 0 Å². The molecule has 2 nitrogen and oxygen atoms in total. The van der Waals surface area contributed by atoms with Gasteiger partial charge in [0.1, 0.15) is 10.5 Å². The molecule has 0 N–H and O–H groups in total. The maximum Gasteiger partial charge on any atom is 0.554 e. The summed E-state index contributed by atoms with van der Waals surface area (Å²) in [5.41, 5.74) is 0.0116. The molecule has 0 spiro atoms. The highest BCUT2D eigenvalue weighted by molar-refractivity contribution is 9.08. The van der Waals surface area contributed by atoms with Crippen LogP contribution < -0.4 is 0 Å². The Morgan fingerprint density at radius 2 is 2.07 bits per heavy atom. The Kier molecular flexibility index (Phi) is 3.95. The van der Waals surface area contributed by atoms with Crippen molar-refractivity contribution in [2.75, 3.05) is 7.11 Å². The van der Waals surface area contributed by atoms with Gasteiger partial charge in [-0.25, -0.2) is 0 Å². The fraction of sp³-hybridized carbons (Fsp3) is 0.545. The van der Waals surface area contributed by atoms with Crippen molar-refractivity contribution in [2.24, 2.45) is 0 Å². The molecule has 1 aromatic rings. The Morgan fingerprint density at radius 3 is 2.47 bits per heavy atom. The summed E-state index contributed by atoms with van der Waals surface area (Å²) >= 11 is 3.41. The number of carbonyl (C=O) groups excluding carboxylic acids is 1. The molecule has 1 unspecified atom stereocenters. The Hall–Kier alpha value is -0.350. The molecule has 1 heterocycles. The van der Waals surface area contributed by atoms with Crippen molar-refractivity contribution in [2.45, 2.75) is 31.5 Å². The number of hydrogen-bond donors (Lipinski definition) is 0. The van der Waals surface area contributed by atoms with Crippen LogP contribution in [0.5, 0.6) is 0 Å². The molecule has 1 atom stereocenters. The topological polar surface area (TPSA) is 26.3 Å². The smallest absolute Gasteiger partial charge is 0.425 e. The van der Waals surface area contributed by atoms with E-state index in [4.69, 9.17) is 4.74 Å². The van der Waals surface area contributed by atoms with E-state index in [1.807, 2.05) is 6.07 Å². The van der Waals surface area contributed by atoms with Crippen LogP contribution in [0.2, 0.25) is 0 Å². The summed E-state index contributed by atoms with van der Waals surface area (Å²) in [7, 11) is 0.941. The van der Waals surface area contributed by atoms with Gasteiger partial charge in [-0.3, -0.25) is 0 Å². The lowest BCUT2D eigenvalue weighted by atomic mass is 9.95. The average Bonchev–Trinajstić information content (AvgIpc) is 2.59. The SMILES string of the molecule is COC(=O)[s+]1c(CBr)ccc1C(C)(C)C. The highest BCUT2D eigenvalue weighted by Gasteiger charge is 2.35. The standard InChI is InChI=1S/C11H16BrO2S/c1-11(2,3)9-6-5-8(7-12)15(9)10(13)14-4/h5-6H,7H2,1-4H3/q+1. The van der Waals surface area contributed by atoms with Crippen LogP contribution in [0.1, 0.15) is 30.5 Å². The van der Waals surface area contributed by atoms with Gasteiger partial charge in [-0.1, -0.05) is 36.7 Å². The van der Waals surface area contributed by atoms with Crippen LogP contribution in [0.3, 0.4) is 0 Å². The van der Waals surface area contributed by atoms with Crippen molar-refractivity contribution in [1.82, 2.24) is 0 Å². The molecule has 0 aromatic carbocycles. The van der Waals surface area contributed by atoms with Crippen molar-refractivity contribution >= 4 is 31.7 Å². The van der Waals surface area contributed by atoms with E-state index in [2.05, 4.69) is 42.8 Å². The molecular formula is C11H16BrO2S+. The number of carbonyl (C=O) groups is 1. The van der Waals surface area contributed by atoms with Gasteiger partial charge in [0.15, 0.2) is 9.75 Å². The summed E-state index contributed by atoms with van der Waals surface area (Å²) in [5, 5.41) is 0.584. The highest BCUT2D eigenvalue weighted by atomic mass is 79.9. The molecule has 0 aliphatic carbocycles. The van der Waals surface area contributed by atoms with Crippen molar-refractivity contribution < 1.29 is 9.53 Å². The second-order valence-corrected chi connectivity index (χ2v) is 6.78. The minimum absolute atomic E-state index is 0.0116. The minimum atomic E-state index is -0.503. The van der Waals surface area contributed by atoms with Crippen LogP contribution in [-0.4, -0.2) is 12.4 Å². The number of halogens is 1. The summed E-state index contributed by atoms with van der Waals surface area (Å²) in [4.78, 5) is 14.0. The summed E-state index contributed by atoms with van der Waals surface area (Å²) in [5.74, 6) is 0. The predicted octanol–water partition coefficient (Wildman–Crippen LogP) is 4.24. The third-order valence-electron chi connectivity index (χ3n) is 2.11. The van der Waals surface area contributed by atoms with Gasteiger partial charge in [0, 0.05) is 11.5 Å². The molecule has 0 radical (unpaired) electrons. The van der Waals surface area contributed by atoms with Gasteiger partial charge < -0.3 is 4.74 Å². The molecule has 4 heteroatoms. The summed E-state index contributed by atoms with van der Waals surface area (Å²) < 4.78 is 4.86. The van der Waals surface area contributed by atoms with Crippen molar-refractivity contribution in [3.63, 3.8) is 0 Å². The fourth-order valence-corrected chi connectivity index (χ4v) is 4.23. The van der Waals surface area contributed by atoms with Crippen LogP contribution in [0.15, 0.2) is 12.1 Å². The number of methoxy groups -OCH3 is 1. The molecule has 0 aliphatic heterocycles. The van der Waals surface area contributed by atoms with E-state index in [-0.39, 0.29) is 10.7 Å². The average molecular weight is 292 g/mol. The van der Waals surface area contributed by atoms with Gasteiger partial charge in [-0.05, 0) is 6.07 Å². The zero-order valence-electron chi connectivity index (χ0n) is 9.46. The van der Waals surface area contributed by atoms with E-state index in [9.17, 15) is 4.79 Å².